The molecule has 0 fully saturated rings. The molecule has 1 aromatic heterocycles. The minimum Gasteiger partial charge on any atom is -0.370 e. The largest absolute Gasteiger partial charge is 0.370 e. The van der Waals surface area contributed by atoms with E-state index in [0.29, 0.717) is 11.5 Å². The van der Waals surface area contributed by atoms with Gasteiger partial charge in [-0.05, 0) is 23.8 Å². The Morgan fingerprint density at radius 3 is 2.56 bits per heavy atom. The molecule has 1 unspecified atom stereocenters. The van der Waals surface area contributed by atoms with Crippen LogP contribution in [0.15, 0.2) is 54.9 Å². The molecule has 1 atom stereocenters. The zero-order chi connectivity index (χ0) is 18.0. The normalized spacial score (nSPS) is 12.0. The summed E-state index contributed by atoms with van der Waals surface area (Å²) in [4.78, 5) is 14.7. The van der Waals surface area contributed by atoms with Crippen LogP contribution in [0.4, 0.5) is 15.8 Å². The molecule has 0 saturated carbocycles. The molecule has 128 valence electrons. The van der Waals surface area contributed by atoms with Gasteiger partial charge >= 0.3 is 0 Å². The van der Waals surface area contributed by atoms with E-state index >= 15 is 0 Å². The van der Waals surface area contributed by atoms with E-state index in [1.807, 2.05) is 11.6 Å². The van der Waals surface area contributed by atoms with E-state index in [-0.39, 0.29) is 16.5 Å². The van der Waals surface area contributed by atoms with E-state index in [0.717, 1.165) is 5.56 Å². The van der Waals surface area contributed by atoms with Crippen molar-refractivity contribution in [3.63, 3.8) is 0 Å². The van der Waals surface area contributed by atoms with Crippen LogP contribution < -0.4 is 5.32 Å². The van der Waals surface area contributed by atoms with Crippen molar-refractivity contribution in [2.24, 2.45) is 7.05 Å². The fourth-order valence-corrected chi connectivity index (χ4v) is 2.73. The van der Waals surface area contributed by atoms with Crippen molar-refractivity contribution >= 4 is 23.0 Å². The van der Waals surface area contributed by atoms with E-state index < -0.39 is 11.0 Å². The number of aryl methyl sites for hydroxylation is 1. The molecule has 0 saturated heterocycles. The van der Waals surface area contributed by atoms with Crippen LogP contribution in [0.25, 0.3) is 0 Å². The number of benzene rings is 2. The number of hydrogen-bond acceptors (Lipinski definition) is 4. The van der Waals surface area contributed by atoms with Gasteiger partial charge in [-0.3, -0.25) is 10.1 Å². The Kier molecular flexibility index (Phi) is 4.67. The molecule has 0 aliphatic rings. The maximum absolute atomic E-state index is 13.3. The highest BCUT2D eigenvalue weighted by Crippen LogP contribution is 2.32. The molecule has 0 radical (unpaired) electrons. The van der Waals surface area contributed by atoms with Gasteiger partial charge in [-0.25, -0.2) is 9.37 Å². The van der Waals surface area contributed by atoms with Crippen LogP contribution in [0.1, 0.15) is 17.4 Å². The minimum atomic E-state index is -0.508. The number of imidazole rings is 1. The third-order valence-electron chi connectivity index (χ3n) is 3.78. The number of rotatable bonds is 5. The zero-order valence-electron chi connectivity index (χ0n) is 13.2. The SMILES string of the molecule is Cn1ccnc1C(Nc1ccc([N+](=O)[O-])cc1Cl)c1ccc(F)cc1. The summed E-state index contributed by atoms with van der Waals surface area (Å²) >= 11 is 6.18. The van der Waals surface area contributed by atoms with Crippen molar-refractivity contribution in [2.45, 2.75) is 6.04 Å². The molecular weight excluding hydrogens is 347 g/mol. The molecule has 25 heavy (non-hydrogen) atoms. The van der Waals surface area contributed by atoms with Gasteiger partial charge in [0.05, 0.1) is 15.6 Å². The molecule has 6 nitrogen and oxygen atoms in total. The van der Waals surface area contributed by atoms with Crippen molar-refractivity contribution < 1.29 is 9.31 Å². The molecule has 3 aromatic rings. The molecule has 0 spiro atoms. The molecular formula is C17H14ClFN4O2. The van der Waals surface area contributed by atoms with Crippen LogP contribution in [-0.2, 0) is 7.05 Å². The first-order valence-electron chi connectivity index (χ1n) is 7.39. The van der Waals surface area contributed by atoms with Crippen LogP contribution in [-0.4, -0.2) is 14.5 Å². The minimum absolute atomic E-state index is 0.0918. The number of nitrogens with one attached hydrogen (secondary N) is 1. The van der Waals surface area contributed by atoms with Gasteiger partial charge in [-0.2, -0.15) is 0 Å². The third-order valence-corrected chi connectivity index (χ3v) is 4.10. The Morgan fingerprint density at radius 2 is 2.00 bits per heavy atom. The van der Waals surface area contributed by atoms with E-state index in [1.165, 1.54) is 24.3 Å². The number of nitro groups is 1. The predicted molar refractivity (Wildman–Crippen MR) is 93.2 cm³/mol. The number of halogens is 2. The topological polar surface area (TPSA) is 73.0 Å². The maximum Gasteiger partial charge on any atom is 0.271 e. The summed E-state index contributed by atoms with van der Waals surface area (Å²) < 4.78 is 15.1. The highest BCUT2D eigenvalue weighted by atomic mass is 35.5. The molecule has 0 aliphatic heterocycles. The lowest BCUT2D eigenvalue weighted by molar-refractivity contribution is -0.384. The standard InChI is InChI=1S/C17H14ClFN4O2/c1-22-9-8-20-17(22)16(11-2-4-12(19)5-3-11)21-15-7-6-13(23(24)25)10-14(15)18/h2-10,16,21H,1H3. The number of nitro benzene ring substituents is 1. The molecule has 1 N–H and O–H groups in total. The molecule has 1 heterocycles. The van der Waals surface area contributed by atoms with E-state index in [4.69, 9.17) is 11.6 Å². The molecule has 8 heteroatoms. The Labute approximate surface area is 148 Å². The first kappa shape index (κ1) is 16.9. The van der Waals surface area contributed by atoms with Gasteiger partial charge < -0.3 is 9.88 Å². The van der Waals surface area contributed by atoms with Gasteiger partial charge in [0.25, 0.3) is 5.69 Å². The number of non-ortho nitro benzene ring substituents is 1. The van der Waals surface area contributed by atoms with Crippen LogP contribution in [0.2, 0.25) is 5.02 Å². The second kappa shape index (κ2) is 6.90. The Balaban J connectivity index is 2.00. The highest BCUT2D eigenvalue weighted by molar-refractivity contribution is 6.33. The lowest BCUT2D eigenvalue weighted by atomic mass is 10.1. The van der Waals surface area contributed by atoms with E-state index in [1.54, 1.807) is 30.6 Å². The zero-order valence-corrected chi connectivity index (χ0v) is 13.9. The van der Waals surface area contributed by atoms with Crippen molar-refractivity contribution in [1.82, 2.24) is 9.55 Å². The van der Waals surface area contributed by atoms with Gasteiger partial charge in [0.15, 0.2) is 0 Å². The lowest BCUT2D eigenvalue weighted by Crippen LogP contribution is -2.17. The van der Waals surface area contributed by atoms with Crippen molar-refractivity contribution in [3.8, 4) is 0 Å². The van der Waals surface area contributed by atoms with E-state index in [9.17, 15) is 14.5 Å². The van der Waals surface area contributed by atoms with Gasteiger partial charge in [0, 0.05) is 31.6 Å². The second-order valence-corrected chi connectivity index (χ2v) is 5.85. The Hall–Kier alpha value is -2.93. The van der Waals surface area contributed by atoms with Crippen LogP contribution in [0, 0.1) is 15.9 Å². The summed E-state index contributed by atoms with van der Waals surface area (Å²) in [5.41, 5.74) is 1.21. The average molecular weight is 361 g/mol. The molecule has 0 aliphatic carbocycles. The number of anilines is 1. The van der Waals surface area contributed by atoms with Crippen molar-refractivity contribution in [3.05, 3.63) is 87.2 Å². The van der Waals surface area contributed by atoms with Crippen molar-refractivity contribution in [2.75, 3.05) is 5.32 Å². The maximum atomic E-state index is 13.3. The fourth-order valence-electron chi connectivity index (χ4n) is 2.50. The molecule has 2 aromatic carbocycles. The van der Waals surface area contributed by atoms with Gasteiger partial charge in [0.1, 0.15) is 17.7 Å². The quantitative estimate of drug-likeness (QED) is 0.543. The molecule has 0 amide bonds. The highest BCUT2D eigenvalue weighted by Gasteiger charge is 2.20. The van der Waals surface area contributed by atoms with Crippen LogP contribution in [0.3, 0.4) is 0 Å². The van der Waals surface area contributed by atoms with Crippen LogP contribution >= 0.6 is 11.6 Å². The Bertz CT molecular complexity index is 911. The van der Waals surface area contributed by atoms with E-state index in [2.05, 4.69) is 10.3 Å². The average Bonchev–Trinajstić information content (AvgIpc) is 3.00. The summed E-state index contributed by atoms with van der Waals surface area (Å²) in [5, 5.41) is 14.3. The predicted octanol–water partition coefficient (Wildman–Crippen LogP) is 4.32. The van der Waals surface area contributed by atoms with Gasteiger partial charge in [-0.15, -0.1) is 0 Å². The molecule has 3 rings (SSSR count). The second-order valence-electron chi connectivity index (χ2n) is 5.45. The first-order chi connectivity index (χ1) is 12.0. The molecule has 0 bridgehead atoms. The van der Waals surface area contributed by atoms with Crippen LogP contribution in [0.5, 0.6) is 0 Å². The summed E-state index contributed by atoms with van der Waals surface area (Å²) in [6.45, 7) is 0. The third kappa shape index (κ3) is 3.61. The van der Waals surface area contributed by atoms with Gasteiger partial charge in [0.2, 0.25) is 0 Å². The van der Waals surface area contributed by atoms with Crippen molar-refractivity contribution in [1.29, 1.82) is 0 Å². The summed E-state index contributed by atoms with van der Waals surface area (Å²) in [5.74, 6) is 0.358. The number of nitrogens with zero attached hydrogens (tertiary/aromatic N) is 3. The lowest BCUT2D eigenvalue weighted by Gasteiger charge is -2.21. The van der Waals surface area contributed by atoms with Gasteiger partial charge in [-0.1, -0.05) is 23.7 Å². The summed E-state index contributed by atoms with van der Waals surface area (Å²) in [6.07, 6.45) is 3.45. The summed E-state index contributed by atoms with van der Waals surface area (Å²) in [7, 11) is 1.85. The number of hydrogen-bond donors (Lipinski definition) is 1. The number of aromatic nitrogens is 2. The Morgan fingerprint density at radius 1 is 1.28 bits per heavy atom. The fraction of sp³-hybridized carbons (Fsp3) is 0.118. The first-order valence-corrected chi connectivity index (χ1v) is 7.76. The smallest absolute Gasteiger partial charge is 0.271 e. The monoisotopic (exact) mass is 360 g/mol. The summed E-state index contributed by atoms with van der Waals surface area (Å²) in [6, 6.07) is 9.83.